The van der Waals surface area contributed by atoms with Crippen molar-refractivity contribution in [2.24, 2.45) is 7.05 Å². The number of nitrogens with one attached hydrogen (secondary N) is 2. The summed E-state index contributed by atoms with van der Waals surface area (Å²) in [5, 5.41) is 11.0. The third-order valence-corrected chi connectivity index (χ3v) is 6.04. The molecule has 0 fully saturated rings. The van der Waals surface area contributed by atoms with Gasteiger partial charge in [-0.15, -0.1) is 0 Å². The van der Waals surface area contributed by atoms with Crippen LogP contribution in [0.25, 0.3) is 22.3 Å². The quantitative estimate of drug-likeness (QED) is 0.329. The first-order chi connectivity index (χ1) is 17.9. The Bertz CT molecular complexity index is 1610. The first-order valence-electron chi connectivity index (χ1n) is 11.7. The number of carbonyl (C=O) groups excluding carboxylic acids is 2. The van der Waals surface area contributed by atoms with Crippen LogP contribution < -0.4 is 15.4 Å². The Balaban J connectivity index is 1.40. The number of rotatable bonds is 6. The second-order valence-electron chi connectivity index (χ2n) is 8.51. The van der Waals surface area contributed by atoms with Gasteiger partial charge in [0.2, 0.25) is 0 Å². The van der Waals surface area contributed by atoms with Gasteiger partial charge in [0.05, 0.1) is 35.1 Å². The minimum absolute atomic E-state index is 0.281. The molecular formula is C29H25N5O3. The van der Waals surface area contributed by atoms with Gasteiger partial charge in [-0.05, 0) is 49.4 Å². The third kappa shape index (κ3) is 4.77. The maximum absolute atomic E-state index is 13.4. The van der Waals surface area contributed by atoms with E-state index >= 15 is 0 Å². The largest absolute Gasteiger partial charge is 0.495 e. The lowest BCUT2D eigenvalue weighted by Crippen LogP contribution is -2.15. The van der Waals surface area contributed by atoms with Crippen LogP contribution in [0.3, 0.4) is 0 Å². The number of amides is 2. The molecule has 0 saturated carbocycles. The molecule has 0 aliphatic carbocycles. The monoisotopic (exact) mass is 491 g/mol. The van der Waals surface area contributed by atoms with Crippen LogP contribution in [0.4, 0.5) is 11.4 Å². The molecule has 0 saturated heterocycles. The molecule has 0 radical (unpaired) electrons. The summed E-state index contributed by atoms with van der Waals surface area (Å²) in [7, 11) is 3.36. The average Bonchev–Trinajstić information content (AvgIpc) is 3.22. The second-order valence-corrected chi connectivity index (χ2v) is 8.51. The van der Waals surface area contributed by atoms with Gasteiger partial charge in [0.1, 0.15) is 5.75 Å². The summed E-state index contributed by atoms with van der Waals surface area (Å²) in [4.78, 5) is 30.9. The highest BCUT2D eigenvalue weighted by Crippen LogP contribution is 2.28. The minimum atomic E-state index is -0.285. The lowest BCUT2D eigenvalue weighted by Gasteiger charge is -2.11. The SMILES string of the molecule is COc1ccccc1NC(=O)c1ccc(NC(=O)c2cc(-c3ccccc3)nc3c2c(C)nn3C)cc1. The van der Waals surface area contributed by atoms with Crippen molar-refractivity contribution in [1.29, 1.82) is 0 Å². The third-order valence-electron chi connectivity index (χ3n) is 6.04. The molecule has 0 bridgehead atoms. The van der Waals surface area contributed by atoms with Gasteiger partial charge < -0.3 is 15.4 Å². The highest BCUT2D eigenvalue weighted by molar-refractivity contribution is 6.13. The van der Waals surface area contributed by atoms with Crippen molar-refractivity contribution in [3.05, 3.63) is 102 Å². The van der Waals surface area contributed by atoms with E-state index in [1.54, 1.807) is 54.3 Å². The molecule has 2 aromatic heterocycles. The maximum atomic E-state index is 13.4. The van der Waals surface area contributed by atoms with Crippen molar-refractivity contribution < 1.29 is 14.3 Å². The molecule has 37 heavy (non-hydrogen) atoms. The molecular weight excluding hydrogens is 466 g/mol. The zero-order valence-corrected chi connectivity index (χ0v) is 20.6. The summed E-state index contributed by atoms with van der Waals surface area (Å²) in [5.74, 6) is 0.00702. The van der Waals surface area contributed by atoms with Gasteiger partial charge in [-0.25, -0.2) is 4.98 Å². The van der Waals surface area contributed by atoms with E-state index in [4.69, 9.17) is 9.72 Å². The fraction of sp³-hybridized carbons (Fsp3) is 0.103. The number of pyridine rings is 1. The number of fused-ring (bicyclic) bond motifs is 1. The summed E-state index contributed by atoms with van der Waals surface area (Å²) < 4.78 is 6.97. The Morgan fingerprint density at radius 2 is 1.57 bits per heavy atom. The average molecular weight is 492 g/mol. The maximum Gasteiger partial charge on any atom is 0.256 e. The van der Waals surface area contributed by atoms with E-state index in [1.165, 1.54) is 0 Å². The van der Waals surface area contributed by atoms with Crippen LogP contribution in [-0.4, -0.2) is 33.7 Å². The first-order valence-corrected chi connectivity index (χ1v) is 11.7. The van der Waals surface area contributed by atoms with Gasteiger partial charge in [-0.2, -0.15) is 5.10 Å². The highest BCUT2D eigenvalue weighted by Gasteiger charge is 2.20. The van der Waals surface area contributed by atoms with Crippen molar-refractivity contribution in [2.45, 2.75) is 6.92 Å². The van der Waals surface area contributed by atoms with E-state index in [0.717, 1.165) is 11.3 Å². The number of aromatic nitrogens is 3. The van der Waals surface area contributed by atoms with E-state index in [1.807, 2.05) is 56.4 Å². The molecule has 2 heterocycles. The van der Waals surface area contributed by atoms with E-state index in [0.29, 0.717) is 45.0 Å². The molecule has 8 heteroatoms. The number of hydrogen-bond donors (Lipinski definition) is 2. The fourth-order valence-electron chi connectivity index (χ4n) is 4.23. The minimum Gasteiger partial charge on any atom is -0.495 e. The van der Waals surface area contributed by atoms with Gasteiger partial charge in [-0.3, -0.25) is 14.3 Å². The Morgan fingerprint density at radius 3 is 2.30 bits per heavy atom. The van der Waals surface area contributed by atoms with Crippen LogP contribution in [0, 0.1) is 6.92 Å². The van der Waals surface area contributed by atoms with Crippen LogP contribution in [0.5, 0.6) is 5.75 Å². The van der Waals surface area contributed by atoms with Gasteiger partial charge >= 0.3 is 0 Å². The first kappa shape index (κ1) is 23.7. The van der Waals surface area contributed by atoms with Crippen molar-refractivity contribution in [3.63, 3.8) is 0 Å². The molecule has 0 unspecified atom stereocenters. The van der Waals surface area contributed by atoms with Crippen LogP contribution in [0.2, 0.25) is 0 Å². The van der Waals surface area contributed by atoms with Gasteiger partial charge in [-0.1, -0.05) is 42.5 Å². The number of carbonyl (C=O) groups is 2. The summed E-state index contributed by atoms with van der Waals surface area (Å²) in [5.41, 5.74) is 5.01. The van der Waals surface area contributed by atoms with Crippen molar-refractivity contribution >= 4 is 34.2 Å². The summed E-state index contributed by atoms with van der Waals surface area (Å²) in [6.45, 7) is 1.86. The lowest BCUT2D eigenvalue weighted by molar-refractivity contribution is 0.102. The van der Waals surface area contributed by atoms with E-state index in [2.05, 4.69) is 15.7 Å². The molecule has 0 aliphatic rings. The van der Waals surface area contributed by atoms with Crippen LogP contribution >= 0.6 is 0 Å². The molecule has 8 nitrogen and oxygen atoms in total. The van der Waals surface area contributed by atoms with Crippen molar-refractivity contribution in [2.75, 3.05) is 17.7 Å². The van der Waals surface area contributed by atoms with E-state index < -0.39 is 0 Å². The van der Waals surface area contributed by atoms with Crippen LogP contribution in [0.1, 0.15) is 26.4 Å². The number of para-hydroxylation sites is 2. The summed E-state index contributed by atoms with van der Waals surface area (Å²) >= 11 is 0. The fourth-order valence-corrected chi connectivity index (χ4v) is 4.23. The molecule has 2 N–H and O–H groups in total. The topological polar surface area (TPSA) is 98.1 Å². The predicted octanol–water partition coefficient (Wildman–Crippen LogP) is 5.46. The Kier molecular flexibility index (Phi) is 6.38. The Hall–Kier alpha value is -4.98. The highest BCUT2D eigenvalue weighted by atomic mass is 16.5. The number of nitrogens with zero attached hydrogens (tertiary/aromatic N) is 3. The summed E-state index contributed by atoms with van der Waals surface area (Å²) in [6, 6.07) is 25.4. The molecule has 0 spiro atoms. The molecule has 5 rings (SSSR count). The molecule has 184 valence electrons. The number of benzene rings is 3. The number of hydrogen-bond acceptors (Lipinski definition) is 5. The molecule has 3 aromatic carbocycles. The number of ether oxygens (including phenoxy) is 1. The predicted molar refractivity (Wildman–Crippen MR) is 144 cm³/mol. The molecule has 5 aromatic rings. The van der Waals surface area contributed by atoms with Gasteiger partial charge in [0.15, 0.2) is 5.65 Å². The summed E-state index contributed by atoms with van der Waals surface area (Å²) in [6.07, 6.45) is 0. The Morgan fingerprint density at radius 1 is 0.865 bits per heavy atom. The van der Waals surface area contributed by atoms with E-state index in [-0.39, 0.29) is 11.8 Å². The zero-order valence-electron chi connectivity index (χ0n) is 20.6. The van der Waals surface area contributed by atoms with Crippen molar-refractivity contribution in [3.8, 4) is 17.0 Å². The van der Waals surface area contributed by atoms with E-state index in [9.17, 15) is 9.59 Å². The van der Waals surface area contributed by atoms with Crippen LogP contribution in [-0.2, 0) is 7.05 Å². The number of methoxy groups -OCH3 is 1. The standard InChI is InChI=1S/C29H25N5O3/c1-18-26-22(17-24(19-9-5-4-6-10-19)31-27(26)34(2)33-18)29(36)30-21-15-13-20(14-16-21)28(35)32-23-11-7-8-12-25(23)37-3/h4-17H,1-3H3,(H,30,36)(H,32,35). The van der Waals surface area contributed by atoms with Gasteiger partial charge in [0.25, 0.3) is 11.8 Å². The van der Waals surface area contributed by atoms with Gasteiger partial charge in [0, 0.05) is 23.9 Å². The number of aryl methyl sites for hydroxylation is 2. The molecule has 2 amide bonds. The zero-order chi connectivity index (χ0) is 25.9. The molecule has 0 aliphatic heterocycles. The second kappa shape index (κ2) is 9.94. The van der Waals surface area contributed by atoms with Crippen molar-refractivity contribution in [1.82, 2.24) is 14.8 Å². The van der Waals surface area contributed by atoms with Crippen LogP contribution in [0.15, 0.2) is 84.9 Å². The normalized spacial score (nSPS) is 10.8. The smallest absolute Gasteiger partial charge is 0.256 e. The lowest BCUT2D eigenvalue weighted by atomic mass is 10.0. The molecule has 0 atom stereocenters. The number of anilines is 2. The Labute approximate surface area is 213 Å².